The van der Waals surface area contributed by atoms with Crippen LogP contribution in [0.4, 0.5) is 5.69 Å². The van der Waals surface area contributed by atoms with E-state index < -0.39 is 0 Å². The number of fused-ring (bicyclic) bond motifs is 2. The van der Waals surface area contributed by atoms with Crippen LogP contribution in [0.15, 0.2) is 36.5 Å². The SMILES string of the molecule is O=C(C[C@H]1C[C@H]2CC[C@H]1C2)Nc1ccc(-c2ccn[nH]2)cc1. The summed E-state index contributed by atoms with van der Waals surface area (Å²) in [4.78, 5) is 12.2. The van der Waals surface area contributed by atoms with Crippen molar-refractivity contribution in [1.82, 2.24) is 10.2 Å². The molecule has 2 aliphatic carbocycles. The summed E-state index contributed by atoms with van der Waals surface area (Å²) in [5, 5.41) is 9.93. The Kier molecular flexibility index (Phi) is 3.45. The predicted octanol–water partition coefficient (Wildman–Crippen LogP) is 3.84. The maximum absolute atomic E-state index is 12.2. The highest BCUT2D eigenvalue weighted by atomic mass is 16.1. The van der Waals surface area contributed by atoms with Crippen LogP contribution in [0.5, 0.6) is 0 Å². The molecule has 2 N–H and O–H groups in total. The van der Waals surface area contributed by atoms with E-state index in [4.69, 9.17) is 0 Å². The molecule has 2 aromatic rings. The lowest BCUT2D eigenvalue weighted by Crippen LogP contribution is -2.20. The third-order valence-electron chi connectivity index (χ3n) is 5.31. The minimum absolute atomic E-state index is 0.159. The molecular weight excluding hydrogens is 274 g/mol. The molecule has 0 spiro atoms. The number of aromatic amines is 1. The topological polar surface area (TPSA) is 57.8 Å². The third-order valence-corrected chi connectivity index (χ3v) is 5.31. The second-order valence-corrected chi connectivity index (χ2v) is 6.73. The van der Waals surface area contributed by atoms with Gasteiger partial charge in [-0.15, -0.1) is 0 Å². The van der Waals surface area contributed by atoms with Crippen LogP contribution < -0.4 is 5.32 Å². The fraction of sp³-hybridized carbons (Fsp3) is 0.444. The lowest BCUT2D eigenvalue weighted by atomic mass is 9.86. The van der Waals surface area contributed by atoms with E-state index in [9.17, 15) is 4.79 Å². The molecule has 0 radical (unpaired) electrons. The van der Waals surface area contributed by atoms with Gasteiger partial charge in [-0.2, -0.15) is 5.10 Å². The summed E-state index contributed by atoms with van der Waals surface area (Å²) in [6, 6.07) is 9.84. The number of hydrogen-bond donors (Lipinski definition) is 2. The average Bonchev–Trinajstić information content (AvgIpc) is 3.25. The van der Waals surface area contributed by atoms with Gasteiger partial charge in [0, 0.05) is 18.3 Å². The van der Waals surface area contributed by atoms with Gasteiger partial charge in [0.1, 0.15) is 0 Å². The van der Waals surface area contributed by atoms with Crippen LogP contribution in [0, 0.1) is 17.8 Å². The Morgan fingerprint density at radius 3 is 2.68 bits per heavy atom. The van der Waals surface area contributed by atoms with Gasteiger partial charge in [0.05, 0.1) is 5.69 Å². The number of rotatable bonds is 4. The summed E-state index contributed by atoms with van der Waals surface area (Å²) in [5.74, 6) is 2.48. The van der Waals surface area contributed by atoms with Crippen molar-refractivity contribution in [1.29, 1.82) is 0 Å². The molecule has 4 heteroatoms. The van der Waals surface area contributed by atoms with E-state index in [1.54, 1.807) is 6.20 Å². The summed E-state index contributed by atoms with van der Waals surface area (Å²) in [6.45, 7) is 0. The van der Waals surface area contributed by atoms with Crippen molar-refractivity contribution < 1.29 is 4.79 Å². The zero-order chi connectivity index (χ0) is 14.9. The number of carbonyl (C=O) groups excluding carboxylic acids is 1. The quantitative estimate of drug-likeness (QED) is 0.900. The largest absolute Gasteiger partial charge is 0.326 e. The van der Waals surface area contributed by atoms with Crippen LogP contribution in [0.1, 0.15) is 32.1 Å². The molecule has 1 heterocycles. The van der Waals surface area contributed by atoms with E-state index in [0.717, 1.165) is 28.8 Å². The van der Waals surface area contributed by atoms with Gasteiger partial charge in [0.15, 0.2) is 0 Å². The van der Waals surface area contributed by atoms with Crippen LogP contribution in [-0.2, 0) is 4.79 Å². The fourth-order valence-electron chi connectivity index (χ4n) is 4.23. The number of anilines is 1. The van der Waals surface area contributed by atoms with Crippen LogP contribution in [0.3, 0.4) is 0 Å². The molecule has 2 saturated carbocycles. The Morgan fingerprint density at radius 1 is 1.18 bits per heavy atom. The van der Waals surface area contributed by atoms with Crippen molar-refractivity contribution >= 4 is 11.6 Å². The molecule has 1 aromatic heterocycles. The zero-order valence-electron chi connectivity index (χ0n) is 12.6. The normalized spacial score (nSPS) is 26.3. The van der Waals surface area contributed by atoms with Crippen molar-refractivity contribution in [3.8, 4) is 11.3 Å². The van der Waals surface area contributed by atoms with Gasteiger partial charge < -0.3 is 5.32 Å². The van der Waals surface area contributed by atoms with Crippen LogP contribution in [0.2, 0.25) is 0 Å². The molecular formula is C18H21N3O. The average molecular weight is 295 g/mol. The number of nitrogens with zero attached hydrogens (tertiary/aromatic N) is 1. The molecule has 2 aliphatic rings. The minimum Gasteiger partial charge on any atom is -0.326 e. The van der Waals surface area contributed by atoms with Crippen LogP contribution in [0.25, 0.3) is 11.3 Å². The van der Waals surface area contributed by atoms with E-state index in [0.29, 0.717) is 12.3 Å². The van der Waals surface area contributed by atoms with Crippen molar-refractivity contribution in [3.63, 3.8) is 0 Å². The smallest absolute Gasteiger partial charge is 0.224 e. The highest BCUT2D eigenvalue weighted by molar-refractivity contribution is 5.91. The monoisotopic (exact) mass is 295 g/mol. The lowest BCUT2D eigenvalue weighted by molar-refractivity contribution is -0.117. The van der Waals surface area contributed by atoms with Crippen molar-refractivity contribution in [2.45, 2.75) is 32.1 Å². The van der Waals surface area contributed by atoms with Crippen molar-refractivity contribution in [3.05, 3.63) is 36.5 Å². The number of carbonyl (C=O) groups is 1. The van der Waals surface area contributed by atoms with Gasteiger partial charge in [0.25, 0.3) is 0 Å². The molecule has 3 atom stereocenters. The Balaban J connectivity index is 1.35. The Hall–Kier alpha value is -2.10. The molecule has 1 aromatic carbocycles. The number of H-pyrrole nitrogens is 1. The first-order valence-electron chi connectivity index (χ1n) is 8.17. The van der Waals surface area contributed by atoms with Gasteiger partial charge in [-0.3, -0.25) is 9.89 Å². The number of nitrogens with one attached hydrogen (secondary N) is 2. The van der Waals surface area contributed by atoms with Crippen molar-refractivity contribution in [2.75, 3.05) is 5.32 Å². The van der Waals surface area contributed by atoms with Gasteiger partial charge in [-0.1, -0.05) is 18.6 Å². The molecule has 0 saturated heterocycles. The second kappa shape index (κ2) is 5.59. The van der Waals surface area contributed by atoms with Gasteiger partial charge >= 0.3 is 0 Å². The molecule has 22 heavy (non-hydrogen) atoms. The van der Waals surface area contributed by atoms with E-state index in [1.807, 2.05) is 30.3 Å². The zero-order valence-corrected chi connectivity index (χ0v) is 12.6. The molecule has 0 aliphatic heterocycles. The van der Waals surface area contributed by atoms with E-state index >= 15 is 0 Å². The molecule has 4 nitrogen and oxygen atoms in total. The number of amides is 1. The van der Waals surface area contributed by atoms with E-state index in [-0.39, 0.29) is 5.91 Å². The fourth-order valence-corrected chi connectivity index (χ4v) is 4.23. The first-order chi connectivity index (χ1) is 10.8. The maximum Gasteiger partial charge on any atom is 0.224 e. The second-order valence-electron chi connectivity index (χ2n) is 6.73. The maximum atomic E-state index is 12.2. The Labute approximate surface area is 130 Å². The highest BCUT2D eigenvalue weighted by Gasteiger charge is 2.40. The van der Waals surface area contributed by atoms with Gasteiger partial charge in [0.2, 0.25) is 5.91 Å². The highest BCUT2D eigenvalue weighted by Crippen LogP contribution is 2.49. The number of benzene rings is 1. The van der Waals surface area contributed by atoms with Crippen LogP contribution in [-0.4, -0.2) is 16.1 Å². The number of aromatic nitrogens is 2. The lowest BCUT2D eigenvalue weighted by Gasteiger charge is -2.20. The molecule has 4 rings (SSSR count). The summed E-state index contributed by atoms with van der Waals surface area (Å²) in [7, 11) is 0. The van der Waals surface area contributed by atoms with E-state index in [2.05, 4.69) is 15.5 Å². The summed E-state index contributed by atoms with van der Waals surface area (Å²) in [5.41, 5.74) is 2.93. The molecule has 2 fully saturated rings. The summed E-state index contributed by atoms with van der Waals surface area (Å²) >= 11 is 0. The van der Waals surface area contributed by atoms with E-state index in [1.165, 1.54) is 25.7 Å². The van der Waals surface area contributed by atoms with Gasteiger partial charge in [-0.05, 0) is 60.8 Å². The first-order valence-corrected chi connectivity index (χ1v) is 8.17. The molecule has 1 amide bonds. The third kappa shape index (κ3) is 2.65. The minimum atomic E-state index is 0.159. The first kappa shape index (κ1) is 13.6. The summed E-state index contributed by atoms with van der Waals surface area (Å²) < 4.78 is 0. The van der Waals surface area contributed by atoms with Crippen molar-refractivity contribution in [2.24, 2.45) is 17.8 Å². The Morgan fingerprint density at radius 2 is 2.05 bits per heavy atom. The molecule has 0 unspecified atom stereocenters. The summed E-state index contributed by atoms with van der Waals surface area (Å²) in [6.07, 6.45) is 7.76. The number of hydrogen-bond acceptors (Lipinski definition) is 2. The molecule has 114 valence electrons. The predicted molar refractivity (Wildman–Crippen MR) is 86.2 cm³/mol. The van der Waals surface area contributed by atoms with Crippen LogP contribution >= 0.6 is 0 Å². The van der Waals surface area contributed by atoms with Gasteiger partial charge in [-0.25, -0.2) is 0 Å². The molecule has 2 bridgehead atoms. The standard InChI is InChI=1S/C18H21N3O/c22-18(11-15-10-12-1-2-14(15)9-12)20-16-5-3-13(4-6-16)17-7-8-19-21-17/h3-8,12,14-15H,1-2,9-11H2,(H,19,21)(H,20,22)/t12-,14-,15+/m0/s1. The Bertz CT molecular complexity index is 647.